The van der Waals surface area contributed by atoms with Crippen LogP contribution in [0.15, 0.2) is 28.0 Å². The Morgan fingerprint density at radius 2 is 2.39 bits per heavy atom. The summed E-state index contributed by atoms with van der Waals surface area (Å²) in [6.07, 6.45) is 5.11. The number of hydrazone groups is 1. The second-order valence-electron chi connectivity index (χ2n) is 4.17. The Kier molecular flexibility index (Phi) is 3.25. The van der Waals surface area contributed by atoms with Gasteiger partial charge in [-0.1, -0.05) is 0 Å². The molecule has 0 radical (unpaired) electrons. The van der Waals surface area contributed by atoms with Crippen molar-refractivity contribution in [1.82, 2.24) is 5.43 Å². The highest BCUT2D eigenvalue weighted by molar-refractivity contribution is 7.14. The molecule has 18 heavy (non-hydrogen) atoms. The molecule has 0 fully saturated rings. The predicted molar refractivity (Wildman–Crippen MR) is 75.7 cm³/mol. The van der Waals surface area contributed by atoms with Crippen molar-refractivity contribution in [3.8, 4) is 0 Å². The van der Waals surface area contributed by atoms with Gasteiger partial charge >= 0.3 is 0 Å². The van der Waals surface area contributed by atoms with E-state index in [0.29, 0.717) is 0 Å². The first-order valence-corrected chi connectivity index (χ1v) is 7.56. The van der Waals surface area contributed by atoms with Crippen LogP contribution in [0.25, 0.3) is 0 Å². The van der Waals surface area contributed by atoms with Gasteiger partial charge in [-0.2, -0.15) is 16.4 Å². The van der Waals surface area contributed by atoms with Gasteiger partial charge in [0.25, 0.3) is 5.91 Å². The van der Waals surface area contributed by atoms with E-state index in [1.165, 1.54) is 16.9 Å². The number of carbonyl (C=O) groups is 1. The van der Waals surface area contributed by atoms with E-state index >= 15 is 0 Å². The maximum atomic E-state index is 11.9. The minimum atomic E-state index is -0.110. The Hall–Kier alpha value is -1.46. The maximum Gasteiger partial charge on any atom is 0.281 e. The van der Waals surface area contributed by atoms with E-state index in [0.717, 1.165) is 23.3 Å². The molecule has 0 saturated heterocycles. The largest absolute Gasteiger partial charge is 0.281 e. The van der Waals surface area contributed by atoms with Crippen LogP contribution in [-0.4, -0.2) is 12.1 Å². The molecule has 3 nitrogen and oxygen atoms in total. The molecule has 0 unspecified atom stereocenters. The normalized spacial score (nSPS) is 14.0. The number of thiophene rings is 2. The van der Waals surface area contributed by atoms with Crippen LogP contribution >= 0.6 is 22.7 Å². The molecule has 0 saturated carbocycles. The minimum Gasteiger partial charge on any atom is -0.266 e. The zero-order chi connectivity index (χ0) is 12.4. The summed E-state index contributed by atoms with van der Waals surface area (Å²) in [4.78, 5) is 14.0. The van der Waals surface area contributed by atoms with Crippen molar-refractivity contribution < 1.29 is 4.79 Å². The predicted octanol–water partition coefficient (Wildman–Crippen LogP) is 3.06. The van der Waals surface area contributed by atoms with E-state index in [-0.39, 0.29) is 5.91 Å². The third-order valence-corrected chi connectivity index (χ3v) is 4.83. The van der Waals surface area contributed by atoms with Gasteiger partial charge in [-0.15, -0.1) is 11.3 Å². The highest BCUT2D eigenvalue weighted by Crippen LogP contribution is 2.30. The molecule has 0 aromatic carbocycles. The zero-order valence-corrected chi connectivity index (χ0v) is 11.3. The van der Waals surface area contributed by atoms with Crippen LogP contribution in [-0.2, 0) is 12.8 Å². The van der Waals surface area contributed by atoms with Crippen molar-refractivity contribution in [3.63, 3.8) is 0 Å². The Labute approximate surface area is 113 Å². The van der Waals surface area contributed by atoms with Crippen LogP contribution in [0.4, 0.5) is 0 Å². The number of rotatable bonds is 3. The SMILES string of the molecule is O=C(N/N=C\c1ccsc1)c1cc2c(s1)CCC2. The van der Waals surface area contributed by atoms with Crippen LogP contribution in [0.1, 0.15) is 32.1 Å². The van der Waals surface area contributed by atoms with Gasteiger partial charge in [0.05, 0.1) is 11.1 Å². The summed E-state index contributed by atoms with van der Waals surface area (Å²) in [6.45, 7) is 0. The summed E-state index contributed by atoms with van der Waals surface area (Å²) >= 11 is 3.20. The molecule has 1 amide bonds. The molecular formula is C13H12N2OS2. The lowest BCUT2D eigenvalue weighted by Gasteiger charge is -1.95. The van der Waals surface area contributed by atoms with Crippen molar-refractivity contribution in [3.05, 3.63) is 43.8 Å². The topological polar surface area (TPSA) is 41.5 Å². The lowest BCUT2D eigenvalue weighted by Crippen LogP contribution is -2.16. The number of hydrogen-bond donors (Lipinski definition) is 1. The van der Waals surface area contributed by atoms with Gasteiger partial charge in [0.15, 0.2) is 0 Å². The average Bonchev–Trinajstić information content (AvgIpc) is 3.04. The zero-order valence-electron chi connectivity index (χ0n) is 9.68. The number of carbonyl (C=O) groups excluding carboxylic acids is 1. The molecule has 2 aromatic heterocycles. The number of fused-ring (bicyclic) bond motifs is 1. The van der Waals surface area contributed by atoms with Crippen LogP contribution in [0.3, 0.4) is 0 Å². The lowest BCUT2D eigenvalue weighted by atomic mass is 10.2. The van der Waals surface area contributed by atoms with E-state index in [1.807, 2.05) is 22.9 Å². The van der Waals surface area contributed by atoms with E-state index in [4.69, 9.17) is 0 Å². The van der Waals surface area contributed by atoms with Crippen LogP contribution in [0.2, 0.25) is 0 Å². The first-order valence-electron chi connectivity index (χ1n) is 5.80. The minimum absolute atomic E-state index is 0.110. The van der Waals surface area contributed by atoms with Crippen molar-refractivity contribution in [2.45, 2.75) is 19.3 Å². The quantitative estimate of drug-likeness (QED) is 0.679. The van der Waals surface area contributed by atoms with Crippen molar-refractivity contribution in [1.29, 1.82) is 0 Å². The van der Waals surface area contributed by atoms with Gasteiger partial charge in [-0.05, 0) is 47.7 Å². The molecule has 1 aliphatic carbocycles. The third-order valence-electron chi connectivity index (χ3n) is 2.89. The molecule has 0 spiro atoms. The van der Waals surface area contributed by atoms with Gasteiger partial charge in [0, 0.05) is 10.4 Å². The Morgan fingerprint density at radius 3 is 3.17 bits per heavy atom. The summed E-state index contributed by atoms with van der Waals surface area (Å²) in [5.41, 5.74) is 4.92. The van der Waals surface area contributed by atoms with E-state index in [9.17, 15) is 4.79 Å². The second kappa shape index (κ2) is 5.04. The number of amides is 1. The fourth-order valence-corrected chi connectivity index (χ4v) is 3.76. The summed E-state index contributed by atoms with van der Waals surface area (Å²) < 4.78 is 0. The summed E-state index contributed by atoms with van der Waals surface area (Å²) in [7, 11) is 0. The number of nitrogens with one attached hydrogen (secondary N) is 1. The smallest absolute Gasteiger partial charge is 0.266 e. The summed E-state index contributed by atoms with van der Waals surface area (Å²) in [5.74, 6) is -0.110. The van der Waals surface area contributed by atoms with Gasteiger partial charge in [-0.25, -0.2) is 5.43 Å². The molecule has 5 heteroatoms. The van der Waals surface area contributed by atoms with E-state index < -0.39 is 0 Å². The summed E-state index contributed by atoms with van der Waals surface area (Å²) in [5, 5.41) is 7.92. The fraction of sp³-hybridized carbons (Fsp3) is 0.231. The Bertz CT molecular complexity index is 563. The monoisotopic (exact) mass is 276 g/mol. The van der Waals surface area contributed by atoms with Crippen molar-refractivity contribution in [2.24, 2.45) is 5.10 Å². The highest BCUT2D eigenvalue weighted by Gasteiger charge is 2.17. The van der Waals surface area contributed by atoms with Crippen LogP contribution in [0.5, 0.6) is 0 Å². The molecule has 0 bridgehead atoms. The standard InChI is InChI=1S/C13H12N2OS2/c16-13(15-14-7-9-4-5-17-8-9)12-6-10-2-1-3-11(10)18-12/h4-8H,1-3H2,(H,15,16)/b14-7-. The summed E-state index contributed by atoms with van der Waals surface area (Å²) in [6, 6.07) is 3.96. The molecule has 0 atom stereocenters. The molecule has 2 heterocycles. The van der Waals surface area contributed by atoms with E-state index in [2.05, 4.69) is 10.5 Å². The van der Waals surface area contributed by atoms with Gasteiger partial charge in [-0.3, -0.25) is 4.79 Å². The third kappa shape index (κ3) is 2.37. The van der Waals surface area contributed by atoms with Gasteiger partial charge in [0.1, 0.15) is 0 Å². The first kappa shape index (κ1) is 11.6. The van der Waals surface area contributed by atoms with Crippen LogP contribution in [0, 0.1) is 0 Å². The molecule has 0 aliphatic heterocycles. The van der Waals surface area contributed by atoms with Gasteiger partial charge < -0.3 is 0 Å². The molecule has 3 rings (SSSR count). The maximum absolute atomic E-state index is 11.9. The van der Waals surface area contributed by atoms with Crippen molar-refractivity contribution >= 4 is 34.8 Å². The molecule has 1 aliphatic rings. The van der Waals surface area contributed by atoms with Gasteiger partial charge in [0.2, 0.25) is 0 Å². The molecular weight excluding hydrogens is 264 g/mol. The van der Waals surface area contributed by atoms with E-state index in [1.54, 1.807) is 28.9 Å². The first-order chi connectivity index (χ1) is 8.83. The van der Waals surface area contributed by atoms with Crippen LogP contribution < -0.4 is 5.43 Å². The number of nitrogens with zero attached hydrogens (tertiary/aromatic N) is 1. The fourth-order valence-electron chi connectivity index (χ4n) is 2.01. The Balaban J connectivity index is 1.64. The Morgan fingerprint density at radius 1 is 1.44 bits per heavy atom. The number of aryl methyl sites for hydroxylation is 2. The molecule has 92 valence electrons. The molecule has 2 aromatic rings. The molecule has 1 N–H and O–H groups in total. The lowest BCUT2D eigenvalue weighted by molar-refractivity contribution is 0.0959. The second-order valence-corrected chi connectivity index (χ2v) is 6.09. The van der Waals surface area contributed by atoms with Crippen molar-refractivity contribution in [2.75, 3.05) is 0 Å². The number of hydrogen-bond acceptors (Lipinski definition) is 4. The highest BCUT2D eigenvalue weighted by atomic mass is 32.1. The average molecular weight is 276 g/mol.